The predicted octanol–water partition coefficient (Wildman–Crippen LogP) is 1.78. The van der Waals surface area contributed by atoms with Crippen LogP contribution in [0.25, 0.3) is 0 Å². The van der Waals surface area contributed by atoms with Crippen LogP contribution in [0.4, 0.5) is 0 Å². The number of aliphatic hydroxyl groups is 1. The molecule has 1 heterocycles. The van der Waals surface area contributed by atoms with Crippen molar-refractivity contribution >= 4 is 11.8 Å². The first kappa shape index (κ1) is 7.16. The fraction of sp³-hybridized carbons (Fsp3) is 0.714. The number of aliphatic hydroxyl groups excluding tert-OH is 1. The van der Waals surface area contributed by atoms with E-state index < -0.39 is 0 Å². The molecule has 9 heavy (non-hydrogen) atoms. The van der Waals surface area contributed by atoms with Crippen LogP contribution in [0.5, 0.6) is 0 Å². The molecule has 0 bridgehead atoms. The van der Waals surface area contributed by atoms with Crippen molar-refractivity contribution in [3.05, 3.63) is 10.5 Å². The normalized spacial score (nSPS) is 27.7. The first-order valence-corrected chi connectivity index (χ1v) is 4.08. The highest BCUT2D eigenvalue weighted by Gasteiger charge is 2.16. The average Bonchev–Trinajstić information content (AvgIpc) is 2.10. The molecule has 0 saturated carbocycles. The van der Waals surface area contributed by atoms with Crippen molar-refractivity contribution < 1.29 is 5.11 Å². The standard InChI is InChI=1S/C7H12OS/c1-5-3-7(4-8)6(2)9-5/h5,8H,3-4H2,1-2H3. The minimum atomic E-state index is 0.253. The van der Waals surface area contributed by atoms with Crippen molar-refractivity contribution in [1.29, 1.82) is 0 Å². The van der Waals surface area contributed by atoms with Gasteiger partial charge in [-0.05, 0) is 23.8 Å². The van der Waals surface area contributed by atoms with Crippen LogP contribution in [0.3, 0.4) is 0 Å². The van der Waals surface area contributed by atoms with Gasteiger partial charge in [0.15, 0.2) is 0 Å². The molecule has 2 heteroatoms. The van der Waals surface area contributed by atoms with Crippen molar-refractivity contribution in [3.63, 3.8) is 0 Å². The smallest absolute Gasteiger partial charge is 0.0652 e. The minimum absolute atomic E-state index is 0.253. The summed E-state index contributed by atoms with van der Waals surface area (Å²) in [6, 6.07) is 0. The summed E-state index contributed by atoms with van der Waals surface area (Å²) in [5, 5.41) is 9.47. The fourth-order valence-electron chi connectivity index (χ4n) is 1.09. The third-order valence-corrected chi connectivity index (χ3v) is 2.81. The molecule has 1 nitrogen and oxygen atoms in total. The van der Waals surface area contributed by atoms with Gasteiger partial charge in [0.25, 0.3) is 0 Å². The van der Waals surface area contributed by atoms with E-state index >= 15 is 0 Å². The maximum Gasteiger partial charge on any atom is 0.0652 e. The van der Waals surface area contributed by atoms with E-state index in [4.69, 9.17) is 5.11 Å². The van der Waals surface area contributed by atoms with Crippen LogP contribution in [0.1, 0.15) is 20.3 Å². The summed E-state index contributed by atoms with van der Waals surface area (Å²) in [6.45, 7) is 4.53. The molecular weight excluding hydrogens is 132 g/mol. The Labute approximate surface area is 60.2 Å². The van der Waals surface area contributed by atoms with Crippen molar-refractivity contribution in [2.75, 3.05) is 6.61 Å². The maximum absolute atomic E-state index is 8.78. The minimum Gasteiger partial charge on any atom is -0.392 e. The lowest BCUT2D eigenvalue weighted by atomic mass is 10.1. The highest BCUT2D eigenvalue weighted by atomic mass is 32.2. The highest BCUT2D eigenvalue weighted by molar-refractivity contribution is 8.03. The molecule has 0 radical (unpaired) electrons. The number of hydrogen-bond acceptors (Lipinski definition) is 2. The second-order valence-corrected chi connectivity index (χ2v) is 4.10. The Bertz CT molecular complexity index is 140. The quantitative estimate of drug-likeness (QED) is 0.605. The van der Waals surface area contributed by atoms with Crippen molar-refractivity contribution in [2.24, 2.45) is 0 Å². The summed E-state index contributed by atoms with van der Waals surface area (Å²) >= 11 is 1.87. The predicted molar refractivity (Wildman–Crippen MR) is 41.5 cm³/mol. The summed E-state index contributed by atoms with van der Waals surface area (Å²) in [4.78, 5) is 1.32. The van der Waals surface area contributed by atoms with Gasteiger partial charge in [0.2, 0.25) is 0 Å². The van der Waals surface area contributed by atoms with Crippen LogP contribution in [0.2, 0.25) is 0 Å². The first-order valence-electron chi connectivity index (χ1n) is 3.20. The zero-order valence-electron chi connectivity index (χ0n) is 5.85. The molecule has 0 spiro atoms. The molecule has 52 valence electrons. The van der Waals surface area contributed by atoms with E-state index in [-0.39, 0.29) is 6.61 Å². The van der Waals surface area contributed by atoms with Gasteiger partial charge in [-0.1, -0.05) is 6.92 Å². The second kappa shape index (κ2) is 2.76. The topological polar surface area (TPSA) is 20.2 Å². The van der Waals surface area contributed by atoms with E-state index in [1.54, 1.807) is 0 Å². The van der Waals surface area contributed by atoms with Gasteiger partial charge in [-0.3, -0.25) is 0 Å². The molecule has 0 amide bonds. The molecule has 0 aromatic rings. The van der Waals surface area contributed by atoms with Crippen LogP contribution in [-0.2, 0) is 0 Å². The molecule has 0 aromatic carbocycles. The van der Waals surface area contributed by atoms with E-state index in [1.807, 2.05) is 11.8 Å². The third-order valence-electron chi connectivity index (χ3n) is 1.60. The lowest BCUT2D eigenvalue weighted by Gasteiger charge is -1.96. The lowest BCUT2D eigenvalue weighted by molar-refractivity contribution is 0.327. The lowest BCUT2D eigenvalue weighted by Crippen LogP contribution is -1.92. The van der Waals surface area contributed by atoms with E-state index in [0.717, 1.165) is 6.42 Å². The number of allylic oxidation sites excluding steroid dienone is 1. The largest absolute Gasteiger partial charge is 0.392 e. The first-order chi connectivity index (χ1) is 4.24. The fourth-order valence-corrected chi connectivity index (χ4v) is 2.30. The van der Waals surface area contributed by atoms with Crippen LogP contribution >= 0.6 is 11.8 Å². The Morgan fingerprint density at radius 3 is 2.67 bits per heavy atom. The molecule has 1 aliphatic rings. The molecular formula is C7H12OS. The summed E-state index contributed by atoms with van der Waals surface area (Å²) in [5.74, 6) is 0. The van der Waals surface area contributed by atoms with Crippen molar-refractivity contribution in [3.8, 4) is 0 Å². The molecule has 1 rings (SSSR count). The summed E-state index contributed by atoms with van der Waals surface area (Å²) in [7, 11) is 0. The van der Waals surface area contributed by atoms with Crippen LogP contribution in [0, 0.1) is 0 Å². The Kier molecular flexibility index (Phi) is 2.19. The summed E-state index contributed by atoms with van der Waals surface area (Å²) in [5.41, 5.74) is 1.23. The zero-order chi connectivity index (χ0) is 6.85. The average molecular weight is 144 g/mol. The van der Waals surface area contributed by atoms with Gasteiger partial charge in [0.1, 0.15) is 0 Å². The van der Waals surface area contributed by atoms with Gasteiger partial charge in [-0.25, -0.2) is 0 Å². The highest BCUT2D eigenvalue weighted by Crippen LogP contribution is 2.36. The number of hydrogen-bond donors (Lipinski definition) is 1. The van der Waals surface area contributed by atoms with Gasteiger partial charge < -0.3 is 5.11 Å². The Balaban J connectivity index is 2.58. The zero-order valence-corrected chi connectivity index (χ0v) is 6.66. The number of thioether (sulfide) groups is 1. The van der Waals surface area contributed by atoms with E-state index in [2.05, 4.69) is 13.8 Å². The van der Waals surface area contributed by atoms with Crippen molar-refractivity contribution in [1.82, 2.24) is 0 Å². The molecule has 1 unspecified atom stereocenters. The second-order valence-electron chi connectivity index (χ2n) is 2.45. The van der Waals surface area contributed by atoms with Crippen molar-refractivity contribution in [2.45, 2.75) is 25.5 Å². The maximum atomic E-state index is 8.78. The SMILES string of the molecule is CC1=C(CO)CC(C)S1. The Hall–Kier alpha value is 0.0500. The van der Waals surface area contributed by atoms with Crippen LogP contribution in [0.15, 0.2) is 10.5 Å². The van der Waals surface area contributed by atoms with Gasteiger partial charge in [-0.15, -0.1) is 11.8 Å². The Morgan fingerprint density at radius 1 is 1.78 bits per heavy atom. The van der Waals surface area contributed by atoms with Gasteiger partial charge in [0.05, 0.1) is 6.61 Å². The van der Waals surface area contributed by atoms with Crippen LogP contribution in [-0.4, -0.2) is 17.0 Å². The molecule has 1 aliphatic heterocycles. The molecule has 0 fully saturated rings. The summed E-state index contributed by atoms with van der Waals surface area (Å²) < 4.78 is 0. The number of rotatable bonds is 1. The summed E-state index contributed by atoms with van der Waals surface area (Å²) in [6.07, 6.45) is 1.08. The van der Waals surface area contributed by atoms with E-state index in [0.29, 0.717) is 5.25 Å². The molecule has 0 saturated heterocycles. The van der Waals surface area contributed by atoms with Crippen LogP contribution < -0.4 is 0 Å². The molecule has 1 N–H and O–H groups in total. The third kappa shape index (κ3) is 1.49. The molecule has 1 atom stereocenters. The van der Waals surface area contributed by atoms with Gasteiger partial charge >= 0.3 is 0 Å². The van der Waals surface area contributed by atoms with Gasteiger partial charge in [0, 0.05) is 5.25 Å². The molecule has 0 aromatic heterocycles. The van der Waals surface area contributed by atoms with E-state index in [9.17, 15) is 0 Å². The van der Waals surface area contributed by atoms with E-state index in [1.165, 1.54) is 10.5 Å². The Morgan fingerprint density at radius 2 is 2.44 bits per heavy atom. The van der Waals surface area contributed by atoms with Gasteiger partial charge in [-0.2, -0.15) is 0 Å². The molecule has 0 aliphatic carbocycles. The monoisotopic (exact) mass is 144 g/mol.